The summed E-state index contributed by atoms with van der Waals surface area (Å²) in [6, 6.07) is 2.89. The molecule has 19 heavy (non-hydrogen) atoms. The van der Waals surface area contributed by atoms with Gasteiger partial charge in [0.15, 0.2) is 0 Å². The summed E-state index contributed by atoms with van der Waals surface area (Å²) >= 11 is 0. The lowest BCUT2D eigenvalue weighted by atomic mass is 9.75. The number of hydrogen-bond donors (Lipinski definition) is 1. The normalized spacial score (nSPS) is 40.8. The number of piperidine rings is 1. The topological polar surface area (TPSA) is 47.3 Å². The Kier molecular flexibility index (Phi) is 4.86. The zero-order chi connectivity index (χ0) is 13.9. The lowest BCUT2D eigenvalue weighted by Crippen LogP contribution is -2.53. The average Bonchev–Trinajstić information content (AvgIpc) is 2.38. The van der Waals surface area contributed by atoms with E-state index in [0.717, 1.165) is 44.7 Å². The molecular weight excluding hydrogens is 236 g/mol. The number of likely N-dealkylation sites (tertiary alicyclic amines) is 1. The first kappa shape index (κ1) is 14.8. The first-order valence-electron chi connectivity index (χ1n) is 7.92. The maximum atomic E-state index is 10.3. The van der Waals surface area contributed by atoms with Crippen LogP contribution < -0.4 is 0 Å². The third kappa shape index (κ3) is 3.70. The van der Waals surface area contributed by atoms with Crippen LogP contribution in [0.25, 0.3) is 0 Å². The zero-order valence-electron chi connectivity index (χ0n) is 12.4. The van der Waals surface area contributed by atoms with Crippen molar-refractivity contribution in [2.75, 3.05) is 13.1 Å². The molecule has 1 N–H and O–H groups in total. The van der Waals surface area contributed by atoms with E-state index < -0.39 is 5.60 Å². The first-order chi connectivity index (χ1) is 9.05. The number of β-amino-alcohol motifs (C(OH)–C–C–N with tert-alkyl or cyclic N) is 1. The predicted molar refractivity (Wildman–Crippen MR) is 76.6 cm³/mol. The number of nitrogens with zero attached hydrogens (tertiary/aromatic N) is 2. The molecule has 0 aromatic rings. The van der Waals surface area contributed by atoms with Gasteiger partial charge in [0.1, 0.15) is 0 Å². The van der Waals surface area contributed by atoms with Crippen LogP contribution in [-0.4, -0.2) is 34.7 Å². The van der Waals surface area contributed by atoms with Crippen molar-refractivity contribution in [3.8, 4) is 6.07 Å². The maximum absolute atomic E-state index is 10.3. The third-order valence-corrected chi connectivity index (χ3v) is 4.96. The minimum atomic E-state index is -0.560. The van der Waals surface area contributed by atoms with Crippen molar-refractivity contribution in [3.63, 3.8) is 0 Å². The van der Waals surface area contributed by atoms with Gasteiger partial charge in [-0.3, -0.25) is 4.90 Å². The maximum Gasteiger partial charge on any atom is 0.0746 e. The highest BCUT2D eigenvalue weighted by atomic mass is 16.3. The molecule has 0 aromatic carbocycles. The van der Waals surface area contributed by atoms with Gasteiger partial charge in [0.05, 0.1) is 17.6 Å². The van der Waals surface area contributed by atoms with Crippen LogP contribution in [0.15, 0.2) is 0 Å². The van der Waals surface area contributed by atoms with Gasteiger partial charge in [0, 0.05) is 12.6 Å². The van der Waals surface area contributed by atoms with Crippen molar-refractivity contribution in [1.29, 1.82) is 5.26 Å². The molecule has 1 saturated heterocycles. The van der Waals surface area contributed by atoms with Gasteiger partial charge >= 0.3 is 0 Å². The summed E-state index contributed by atoms with van der Waals surface area (Å²) < 4.78 is 0. The fourth-order valence-corrected chi connectivity index (χ4v) is 4.00. The molecule has 1 heterocycles. The molecule has 4 atom stereocenters. The summed E-state index contributed by atoms with van der Waals surface area (Å²) in [7, 11) is 0. The number of rotatable bonds is 3. The average molecular weight is 264 g/mol. The minimum Gasteiger partial charge on any atom is -0.389 e. The molecule has 1 aliphatic carbocycles. The molecule has 2 aliphatic rings. The molecule has 3 heteroatoms. The van der Waals surface area contributed by atoms with Crippen molar-refractivity contribution in [1.82, 2.24) is 4.90 Å². The number of nitriles is 1. The van der Waals surface area contributed by atoms with Crippen LogP contribution >= 0.6 is 0 Å². The van der Waals surface area contributed by atoms with E-state index in [-0.39, 0.29) is 5.92 Å². The van der Waals surface area contributed by atoms with Gasteiger partial charge < -0.3 is 5.11 Å². The highest BCUT2D eigenvalue weighted by Crippen LogP contribution is 2.36. The van der Waals surface area contributed by atoms with Gasteiger partial charge in [-0.1, -0.05) is 19.8 Å². The van der Waals surface area contributed by atoms with Gasteiger partial charge in [0.25, 0.3) is 0 Å². The van der Waals surface area contributed by atoms with Gasteiger partial charge in [-0.25, -0.2) is 0 Å². The minimum absolute atomic E-state index is 0.169. The summed E-state index contributed by atoms with van der Waals surface area (Å²) in [5.74, 6) is 0.952. The van der Waals surface area contributed by atoms with Crippen molar-refractivity contribution >= 4 is 0 Å². The van der Waals surface area contributed by atoms with E-state index in [1.165, 1.54) is 19.3 Å². The van der Waals surface area contributed by atoms with Gasteiger partial charge in [-0.15, -0.1) is 0 Å². The quantitative estimate of drug-likeness (QED) is 0.852. The molecule has 0 aromatic heterocycles. The van der Waals surface area contributed by atoms with E-state index in [9.17, 15) is 10.4 Å². The van der Waals surface area contributed by atoms with Crippen LogP contribution in [-0.2, 0) is 0 Å². The Morgan fingerprint density at radius 1 is 1.42 bits per heavy atom. The molecule has 0 bridgehead atoms. The lowest BCUT2D eigenvalue weighted by molar-refractivity contribution is -0.0449. The van der Waals surface area contributed by atoms with Gasteiger partial charge in [-0.2, -0.15) is 5.26 Å². The molecule has 1 saturated carbocycles. The van der Waals surface area contributed by atoms with Crippen molar-refractivity contribution in [2.24, 2.45) is 11.8 Å². The van der Waals surface area contributed by atoms with Crippen LogP contribution in [0.5, 0.6) is 0 Å². The molecule has 4 unspecified atom stereocenters. The monoisotopic (exact) mass is 264 g/mol. The molecule has 108 valence electrons. The fraction of sp³-hybridized carbons (Fsp3) is 0.938. The Labute approximate surface area is 117 Å². The van der Waals surface area contributed by atoms with Crippen LogP contribution in [0.2, 0.25) is 0 Å². The van der Waals surface area contributed by atoms with E-state index >= 15 is 0 Å². The Morgan fingerprint density at radius 3 is 2.84 bits per heavy atom. The van der Waals surface area contributed by atoms with Crippen LogP contribution in [0.3, 0.4) is 0 Å². The Balaban J connectivity index is 2.03. The SMILES string of the molecule is CCCC1CCC(C#N)C(N2CCCC(C)(O)C2)C1. The second kappa shape index (κ2) is 6.24. The van der Waals surface area contributed by atoms with Crippen molar-refractivity contribution < 1.29 is 5.11 Å². The first-order valence-corrected chi connectivity index (χ1v) is 7.92. The number of aliphatic hydroxyl groups is 1. The smallest absolute Gasteiger partial charge is 0.0746 e. The fourth-order valence-electron chi connectivity index (χ4n) is 4.00. The molecular formula is C16H28N2O. The lowest BCUT2D eigenvalue weighted by Gasteiger charge is -2.45. The third-order valence-electron chi connectivity index (χ3n) is 4.96. The van der Waals surface area contributed by atoms with E-state index in [1.54, 1.807) is 0 Å². The Hall–Kier alpha value is -0.590. The van der Waals surface area contributed by atoms with E-state index in [4.69, 9.17) is 0 Å². The second-order valence-corrected chi connectivity index (χ2v) is 6.84. The summed E-state index contributed by atoms with van der Waals surface area (Å²) in [4.78, 5) is 2.40. The molecule has 2 fully saturated rings. The van der Waals surface area contributed by atoms with Crippen LogP contribution in [0.1, 0.15) is 58.8 Å². The van der Waals surface area contributed by atoms with Gasteiger partial charge in [0.2, 0.25) is 0 Å². The standard InChI is InChI=1S/C16H28N2O/c1-3-5-13-6-7-14(11-17)15(10-13)18-9-4-8-16(2,19)12-18/h13-15,19H,3-10,12H2,1-2H3. The molecule has 1 aliphatic heterocycles. The number of hydrogen-bond acceptors (Lipinski definition) is 3. The van der Waals surface area contributed by atoms with Crippen LogP contribution in [0.4, 0.5) is 0 Å². The largest absolute Gasteiger partial charge is 0.389 e. The summed E-state index contributed by atoms with van der Waals surface area (Å²) in [5, 5.41) is 19.7. The molecule has 2 rings (SSSR count). The molecule has 3 nitrogen and oxygen atoms in total. The predicted octanol–water partition coefficient (Wildman–Crippen LogP) is 2.94. The van der Waals surface area contributed by atoms with Crippen LogP contribution in [0, 0.1) is 23.2 Å². The molecule has 0 radical (unpaired) electrons. The summed E-state index contributed by atoms with van der Waals surface area (Å²) in [6.07, 6.45) is 7.90. The Bertz CT molecular complexity index is 334. The van der Waals surface area contributed by atoms with E-state index in [1.807, 2.05) is 6.92 Å². The zero-order valence-corrected chi connectivity index (χ0v) is 12.4. The summed E-state index contributed by atoms with van der Waals surface area (Å²) in [5.41, 5.74) is -0.560. The van der Waals surface area contributed by atoms with Gasteiger partial charge in [-0.05, 0) is 51.5 Å². The van der Waals surface area contributed by atoms with E-state index in [0.29, 0.717) is 6.04 Å². The van der Waals surface area contributed by atoms with E-state index in [2.05, 4.69) is 17.9 Å². The Morgan fingerprint density at radius 2 is 2.21 bits per heavy atom. The molecule has 0 amide bonds. The highest BCUT2D eigenvalue weighted by molar-refractivity contribution is 4.99. The second-order valence-electron chi connectivity index (χ2n) is 6.84. The molecule has 0 spiro atoms. The highest BCUT2D eigenvalue weighted by Gasteiger charge is 2.38. The van der Waals surface area contributed by atoms with Crippen molar-refractivity contribution in [2.45, 2.75) is 70.4 Å². The summed E-state index contributed by atoms with van der Waals surface area (Å²) in [6.45, 7) is 5.98. The van der Waals surface area contributed by atoms with Crippen molar-refractivity contribution in [3.05, 3.63) is 0 Å².